The van der Waals surface area contributed by atoms with Gasteiger partial charge < -0.3 is 0 Å². The second-order valence-corrected chi connectivity index (χ2v) is 6.51. The zero-order chi connectivity index (χ0) is 13.9. The van der Waals surface area contributed by atoms with E-state index in [0.29, 0.717) is 12.6 Å². The van der Waals surface area contributed by atoms with E-state index in [9.17, 15) is 4.79 Å². The van der Waals surface area contributed by atoms with Gasteiger partial charge in [-0.15, -0.1) is 0 Å². The Balaban J connectivity index is 1.66. The quantitative estimate of drug-likeness (QED) is 0.779. The Morgan fingerprint density at radius 2 is 1.80 bits per heavy atom. The maximum absolute atomic E-state index is 12.5. The molecule has 2 unspecified atom stereocenters. The summed E-state index contributed by atoms with van der Waals surface area (Å²) >= 11 is 0. The molecule has 3 rings (SSSR count). The highest BCUT2D eigenvalue weighted by Gasteiger charge is 2.33. The highest BCUT2D eigenvalue weighted by Crippen LogP contribution is 2.35. The largest absolute Gasteiger partial charge is 0.293 e. The number of Topliss-reactive ketones (excluding diaryl/α,β-unsaturated/α-hetero) is 1. The van der Waals surface area contributed by atoms with Crippen molar-refractivity contribution in [1.29, 1.82) is 0 Å². The fourth-order valence-corrected chi connectivity index (χ4v) is 3.94. The van der Waals surface area contributed by atoms with Crippen molar-refractivity contribution < 1.29 is 4.79 Å². The molecule has 0 bridgehead atoms. The molecule has 0 amide bonds. The van der Waals surface area contributed by atoms with Gasteiger partial charge >= 0.3 is 0 Å². The van der Waals surface area contributed by atoms with Gasteiger partial charge in [0, 0.05) is 11.6 Å². The molecule has 20 heavy (non-hydrogen) atoms. The molecule has 2 aliphatic rings. The van der Waals surface area contributed by atoms with Crippen LogP contribution in [-0.2, 0) is 0 Å². The second kappa shape index (κ2) is 6.09. The molecule has 1 aromatic carbocycles. The van der Waals surface area contributed by atoms with Gasteiger partial charge in [0.15, 0.2) is 5.78 Å². The topological polar surface area (TPSA) is 20.3 Å². The van der Waals surface area contributed by atoms with Crippen LogP contribution in [0.2, 0.25) is 0 Å². The number of aryl methyl sites for hydroxylation is 1. The third-order valence-electron chi connectivity index (χ3n) is 5.08. The van der Waals surface area contributed by atoms with Gasteiger partial charge in [0.25, 0.3) is 0 Å². The van der Waals surface area contributed by atoms with Crippen molar-refractivity contribution in [1.82, 2.24) is 4.90 Å². The van der Waals surface area contributed by atoms with Crippen molar-refractivity contribution in [3.63, 3.8) is 0 Å². The van der Waals surface area contributed by atoms with Crippen molar-refractivity contribution in [3.8, 4) is 0 Å². The van der Waals surface area contributed by atoms with Crippen LogP contribution in [0, 0.1) is 12.8 Å². The van der Waals surface area contributed by atoms with Crippen LogP contribution < -0.4 is 0 Å². The number of fused-ring (bicyclic) bond motifs is 1. The molecule has 0 radical (unpaired) electrons. The first-order valence-corrected chi connectivity index (χ1v) is 8.08. The van der Waals surface area contributed by atoms with Gasteiger partial charge in [0.05, 0.1) is 6.54 Å². The van der Waals surface area contributed by atoms with Gasteiger partial charge in [-0.3, -0.25) is 9.69 Å². The van der Waals surface area contributed by atoms with Crippen LogP contribution in [0.1, 0.15) is 54.4 Å². The van der Waals surface area contributed by atoms with E-state index in [0.717, 1.165) is 18.0 Å². The molecular formula is C18H25NO. The van der Waals surface area contributed by atoms with Crippen LogP contribution in [0.5, 0.6) is 0 Å². The normalized spacial score (nSPS) is 27.1. The van der Waals surface area contributed by atoms with E-state index >= 15 is 0 Å². The van der Waals surface area contributed by atoms with E-state index in [2.05, 4.69) is 11.8 Å². The summed E-state index contributed by atoms with van der Waals surface area (Å²) in [6, 6.07) is 8.69. The van der Waals surface area contributed by atoms with Gasteiger partial charge in [0.1, 0.15) is 0 Å². The summed E-state index contributed by atoms with van der Waals surface area (Å²) in [6.45, 7) is 3.79. The minimum atomic E-state index is 0.288. The van der Waals surface area contributed by atoms with E-state index in [1.807, 2.05) is 24.3 Å². The lowest BCUT2D eigenvalue weighted by molar-refractivity contribution is 0.0539. The van der Waals surface area contributed by atoms with Gasteiger partial charge in [0.2, 0.25) is 0 Å². The van der Waals surface area contributed by atoms with Gasteiger partial charge in [-0.2, -0.15) is 0 Å². The van der Waals surface area contributed by atoms with Gasteiger partial charge in [-0.05, 0) is 45.1 Å². The summed E-state index contributed by atoms with van der Waals surface area (Å²) < 4.78 is 0. The lowest BCUT2D eigenvalue weighted by Crippen LogP contribution is -2.48. The molecule has 108 valence electrons. The van der Waals surface area contributed by atoms with E-state index < -0.39 is 0 Å². The minimum absolute atomic E-state index is 0.288. The molecule has 1 heterocycles. The summed E-state index contributed by atoms with van der Waals surface area (Å²) in [5.74, 6) is 1.14. The van der Waals surface area contributed by atoms with Crippen molar-refractivity contribution in [2.75, 3.05) is 13.1 Å². The molecule has 0 spiro atoms. The minimum Gasteiger partial charge on any atom is -0.293 e. The maximum atomic E-state index is 12.5. The Kier molecular flexibility index (Phi) is 4.21. The summed E-state index contributed by atoms with van der Waals surface area (Å²) in [5.41, 5.74) is 2.08. The summed E-state index contributed by atoms with van der Waals surface area (Å²) in [7, 11) is 0. The lowest BCUT2D eigenvalue weighted by atomic mass is 9.78. The molecule has 1 aliphatic heterocycles. The standard InChI is InChI=1S/C18H25NO/c1-14-8-10-16(11-9-14)18(20)13-19-12-4-6-15-5-2-3-7-17(15)19/h8-11,15,17H,2-7,12-13H2,1H3. The Labute approximate surface area is 122 Å². The first kappa shape index (κ1) is 13.8. The molecule has 2 atom stereocenters. The van der Waals surface area contributed by atoms with E-state index in [1.54, 1.807) is 0 Å². The molecule has 0 aromatic heterocycles. The van der Waals surface area contributed by atoms with Crippen LogP contribution in [-0.4, -0.2) is 29.8 Å². The van der Waals surface area contributed by atoms with Crippen LogP contribution in [0.3, 0.4) is 0 Å². The fourth-order valence-electron chi connectivity index (χ4n) is 3.94. The second-order valence-electron chi connectivity index (χ2n) is 6.51. The highest BCUT2D eigenvalue weighted by atomic mass is 16.1. The molecule has 2 heteroatoms. The zero-order valence-corrected chi connectivity index (χ0v) is 12.5. The Hall–Kier alpha value is -1.15. The van der Waals surface area contributed by atoms with E-state index in [4.69, 9.17) is 0 Å². The van der Waals surface area contributed by atoms with E-state index in [-0.39, 0.29) is 5.78 Å². The molecule has 0 N–H and O–H groups in total. The van der Waals surface area contributed by atoms with Crippen molar-refractivity contribution in [2.24, 2.45) is 5.92 Å². The number of piperidine rings is 1. The van der Waals surface area contributed by atoms with E-state index in [1.165, 1.54) is 44.1 Å². The Morgan fingerprint density at radius 3 is 2.60 bits per heavy atom. The molecular weight excluding hydrogens is 246 g/mol. The molecule has 1 aliphatic carbocycles. The summed E-state index contributed by atoms with van der Waals surface area (Å²) in [6.07, 6.45) is 8.05. The van der Waals surface area contributed by atoms with Crippen LogP contribution >= 0.6 is 0 Å². The fraction of sp³-hybridized carbons (Fsp3) is 0.611. The zero-order valence-electron chi connectivity index (χ0n) is 12.5. The summed E-state index contributed by atoms with van der Waals surface area (Å²) in [4.78, 5) is 14.9. The number of benzene rings is 1. The van der Waals surface area contributed by atoms with Crippen molar-refractivity contribution >= 4 is 5.78 Å². The van der Waals surface area contributed by atoms with Gasteiger partial charge in [-0.25, -0.2) is 0 Å². The average Bonchev–Trinajstić information content (AvgIpc) is 2.48. The van der Waals surface area contributed by atoms with Crippen molar-refractivity contribution in [2.45, 2.75) is 51.5 Å². The highest BCUT2D eigenvalue weighted by molar-refractivity contribution is 5.97. The van der Waals surface area contributed by atoms with Crippen LogP contribution in [0.4, 0.5) is 0 Å². The maximum Gasteiger partial charge on any atom is 0.176 e. The number of nitrogens with zero attached hydrogens (tertiary/aromatic N) is 1. The van der Waals surface area contributed by atoms with Crippen LogP contribution in [0.25, 0.3) is 0 Å². The number of hydrogen-bond donors (Lipinski definition) is 0. The Morgan fingerprint density at radius 1 is 1.10 bits per heavy atom. The predicted molar refractivity (Wildman–Crippen MR) is 82.1 cm³/mol. The van der Waals surface area contributed by atoms with Gasteiger partial charge in [-0.1, -0.05) is 42.7 Å². The number of likely N-dealkylation sites (tertiary alicyclic amines) is 1. The predicted octanol–water partition coefficient (Wildman–Crippen LogP) is 3.83. The SMILES string of the molecule is Cc1ccc(C(=O)CN2CCCC3CCCCC32)cc1. The Bertz CT molecular complexity index is 463. The monoisotopic (exact) mass is 271 g/mol. The third kappa shape index (κ3) is 2.95. The number of rotatable bonds is 3. The molecule has 1 aromatic rings. The first-order chi connectivity index (χ1) is 9.74. The molecule has 2 nitrogen and oxygen atoms in total. The number of hydrogen-bond acceptors (Lipinski definition) is 2. The lowest BCUT2D eigenvalue weighted by Gasteiger charge is -2.43. The van der Waals surface area contributed by atoms with Crippen molar-refractivity contribution in [3.05, 3.63) is 35.4 Å². The number of carbonyl (C=O) groups excluding carboxylic acids is 1. The molecule has 2 fully saturated rings. The van der Waals surface area contributed by atoms with Crippen LogP contribution in [0.15, 0.2) is 24.3 Å². The first-order valence-electron chi connectivity index (χ1n) is 8.08. The summed E-state index contributed by atoms with van der Waals surface area (Å²) in [5, 5.41) is 0. The average molecular weight is 271 g/mol. The molecule has 1 saturated heterocycles. The number of carbonyl (C=O) groups is 1. The third-order valence-corrected chi connectivity index (χ3v) is 5.08. The number of ketones is 1. The molecule has 1 saturated carbocycles. The smallest absolute Gasteiger partial charge is 0.176 e.